The number of carbonyl (C=O) groups is 1. The Morgan fingerprint density at radius 3 is 2.50 bits per heavy atom. The normalized spacial score (nSPS) is 30.8. The summed E-state index contributed by atoms with van der Waals surface area (Å²) < 4.78 is 0. The molecule has 120 valence electrons. The van der Waals surface area contributed by atoms with E-state index in [0.29, 0.717) is 29.7 Å². The second-order valence-corrected chi connectivity index (χ2v) is 7.93. The first-order chi connectivity index (χ1) is 10.6. The molecular weight excluding hydrogens is 292 g/mol. The number of fused-ring (bicyclic) bond motifs is 2. The number of amides is 1. The molecular formula is C18H26N2OS. The molecule has 2 unspecified atom stereocenters. The molecule has 0 radical (unpaired) electrons. The van der Waals surface area contributed by atoms with Crippen molar-refractivity contribution < 1.29 is 4.79 Å². The van der Waals surface area contributed by atoms with Crippen LogP contribution in [-0.2, 0) is 4.79 Å². The molecule has 2 aliphatic carbocycles. The van der Waals surface area contributed by atoms with Crippen molar-refractivity contribution in [2.75, 3.05) is 5.75 Å². The molecule has 22 heavy (non-hydrogen) atoms. The van der Waals surface area contributed by atoms with Gasteiger partial charge in [-0.25, -0.2) is 0 Å². The largest absolute Gasteiger partial charge is 0.352 e. The van der Waals surface area contributed by atoms with Gasteiger partial charge in [-0.15, -0.1) is 11.8 Å². The smallest absolute Gasteiger partial charge is 0.230 e. The highest BCUT2D eigenvalue weighted by atomic mass is 32.2. The summed E-state index contributed by atoms with van der Waals surface area (Å²) in [4.78, 5) is 13.5. The van der Waals surface area contributed by atoms with Crippen LogP contribution in [0.3, 0.4) is 0 Å². The molecule has 0 saturated heterocycles. The highest BCUT2D eigenvalue weighted by Gasteiger charge is 2.39. The Morgan fingerprint density at radius 1 is 1.23 bits per heavy atom. The molecule has 2 atom stereocenters. The summed E-state index contributed by atoms with van der Waals surface area (Å²) in [5.41, 5.74) is 7.40. The summed E-state index contributed by atoms with van der Waals surface area (Å²) in [7, 11) is 0. The number of carbonyl (C=O) groups excluding carboxylic acids is 1. The maximum absolute atomic E-state index is 12.3. The first-order valence-electron chi connectivity index (χ1n) is 8.36. The van der Waals surface area contributed by atoms with Gasteiger partial charge in [0.2, 0.25) is 5.91 Å². The van der Waals surface area contributed by atoms with E-state index < -0.39 is 0 Å². The molecule has 0 aromatic heterocycles. The molecule has 3 N–H and O–H groups in total. The molecule has 2 aliphatic rings. The average molecular weight is 318 g/mol. The first-order valence-corrected chi connectivity index (χ1v) is 9.35. The van der Waals surface area contributed by atoms with Crippen LogP contribution < -0.4 is 11.1 Å². The Hall–Kier alpha value is -1.00. The third kappa shape index (κ3) is 3.85. The van der Waals surface area contributed by atoms with Gasteiger partial charge in [-0.05, 0) is 56.6 Å². The number of nitrogens with two attached hydrogens (primary N) is 1. The number of hydrogen-bond donors (Lipinski definition) is 2. The summed E-state index contributed by atoms with van der Waals surface area (Å²) in [5, 5.41) is 3.31. The molecule has 4 heteroatoms. The number of rotatable bonds is 4. The predicted octanol–water partition coefficient (Wildman–Crippen LogP) is 3.11. The van der Waals surface area contributed by atoms with Crippen molar-refractivity contribution in [1.29, 1.82) is 0 Å². The summed E-state index contributed by atoms with van der Waals surface area (Å²) in [5.74, 6) is 1.86. The fourth-order valence-electron chi connectivity index (χ4n) is 4.04. The summed E-state index contributed by atoms with van der Waals surface area (Å²) in [6, 6.07) is 9.05. The predicted molar refractivity (Wildman–Crippen MR) is 91.9 cm³/mol. The van der Waals surface area contributed by atoms with Gasteiger partial charge in [0.15, 0.2) is 0 Å². The van der Waals surface area contributed by atoms with Crippen molar-refractivity contribution in [3.8, 4) is 0 Å². The van der Waals surface area contributed by atoms with Gasteiger partial charge in [0.25, 0.3) is 0 Å². The lowest BCUT2D eigenvalue weighted by Crippen LogP contribution is -2.54. The lowest BCUT2D eigenvalue weighted by Gasteiger charge is -2.45. The van der Waals surface area contributed by atoms with Gasteiger partial charge in [-0.1, -0.05) is 24.1 Å². The Kier molecular flexibility index (Phi) is 5.09. The summed E-state index contributed by atoms with van der Waals surface area (Å²) >= 11 is 1.62. The Morgan fingerprint density at radius 2 is 1.86 bits per heavy atom. The van der Waals surface area contributed by atoms with E-state index in [1.54, 1.807) is 11.8 Å². The zero-order valence-electron chi connectivity index (χ0n) is 13.3. The SMILES string of the molecule is Cc1ccc(SCC(=O)NC2C3CCCC2CC(N)C3)cc1. The maximum atomic E-state index is 12.3. The summed E-state index contributed by atoms with van der Waals surface area (Å²) in [6.07, 6.45) is 5.89. The highest BCUT2D eigenvalue weighted by molar-refractivity contribution is 8.00. The van der Waals surface area contributed by atoms with Crippen molar-refractivity contribution in [2.45, 2.75) is 56.0 Å². The topological polar surface area (TPSA) is 55.1 Å². The van der Waals surface area contributed by atoms with E-state index in [1.807, 2.05) is 0 Å². The van der Waals surface area contributed by atoms with E-state index >= 15 is 0 Å². The van der Waals surface area contributed by atoms with E-state index in [1.165, 1.54) is 24.8 Å². The van der Waals surface area contributed by atoms with Crippen LogP contribution in [0.5, 0.6) is 0 Å². The second kappa shape index (κ2) is 7.05. The van der Waals surface area contributed by atoms with Crippen LogP contribution in [0.15, 0.2) is 29.2 Å². The van der Waals surface area contributed by atoms with Gasteiger partial charge in [-0.3, -0.25) is 4.79 Å². The number of hydrogen-bond acceptors (Lipinski definition) is 3. The lowest BCUT2D eigenvalue weighted by molar-refractivity contribution is -0.120. The van der Waals surface area contributed by atoms with E-state index in [2.05, 4.69) is 36.5 Å². The zero-order chi connectivity index (χ0) is 15.5. The molecule has 1 aromatic carbocycles. The second-order valence-electron chi connectivity index (χ2n) is 6.88. The van der Waals surface area contributed by atoms with Gasteiger partial charge < -0.3 is 11.1 Å². The van der Waals surface area contributed by atoms with Crippen LogP contribution in [0, 0.1) is 18.8 Å². The monoisotopic (exact) mass is 318 g/mol. The minimum absolute atomic E-state index is 0.169. The standard InChI is InChI=1S/C18H26N2OS/c1-12-5-7-16(8-6-12)22-11-17(21)20-18-13-3-2-4-14(18)10-15(19)9-13/h5-8,13-15,18H,2-4,9-11,19H2,1H3,(H,20,21). The molecule has 0 aliphatic heterocycles. The van der Waals surface area contributed by atoms with E-state index in [-0.39, 0.29) is 5.91 Å². The van der Waals surface area contributed by atoms with Gasteiger partial charge >= 0.3 is 0 Å². The third-order valence-electron chi connectivity index (χ3n) is 5.10. The third-order valence-corrected chi connectivity index (χ3v) is 6.11. The molecule has 3 nitrogen and oxygen atoms in total. The minimum atomic E-state index is 0.169. The quantitative estimate of drug-likeness (QED) is 0.839. The van der Waals surface area contributed by atoms with Crippen molar-refractivity contribution in [2.24, 2.45) is 17.6 Å². The van der Waals surface area contributed by atoms with Crippen LogP contribution in [-0.4, -0.2) is 23.7 Å². The van der Waals surface area contributed by atoms with E-state index in [9.17, 15) is 4.79 Å². The van der Waals surface area contributed by atoms with Crippen LogP contribution in [0.4, 0.5) is 0 Å². The van der Waals surface area contributed by atoms with Crippen molar-refractivity contribution in [3.63, 3.8) is 0 Å². The van der Waals surface area contributed by atoms with Gasteiger partial charge in [-0.2, -0.15) is 0 Å². The van der Waals surface area contributed by atoms with Gasteiger partial charge in [0, 0.05) is 17.0 Å². The average Bonchev–Trinajstić information content (AvgIpc) is 2.48. The molecule has 2 saturated carbocycles. The molecule has 2 fully saturated rings. The number of thioether (sulfide) groups is 1. The molecule has 2 bridgehead atoms. The van der Waals surface area contributed by atoms with Gasteiger partial charge in [0.1, 0.15) is 0 Å². The molecule has 0 heterocycles. The molecule has 1 aromatic rings. The molecule has 3 rings (SSSR count). The first kappa shape index (κ1) is 15.9. The van der Waals surface area contributed by atoms with Crippen LogP contribution >= 0.6 is 11.8 Å². The van der Waals surface area contributed by atoms with Crippen molar-refractivity contribution >= 4 is 17.7 Å². The highest BCUT2D eigenvalue weighted by Crippen LogP contribution is 2.39. The van der Waals surface area contributed by atoms with Crippen LogP contribution in [0.25, 0.3) is 0 Å². The van der Waals surface area contributed by atoms with Crippen LogP contribution in [0.2, 0.25) is 0 Å². The maximum Gasteiger partial charge on any atom is 0.230 e. The Balaban J connectivity index is 1.52. The number of nitrogens with one attached hydrogen (secondary N) is 1. The number of benzene rings is 1. The van der Waals surface area contributed by atoms with E-state index in [0.717, 1.165) is 17.7 Å². The Bertz CT molecular complexity index is 502. The zero-order valence-corrected chi connectivity index (χ0v) is 14.1. The molecule has 1 amide bonds. The molecule has 0 spiro atoms. The van der Waals surface area contributed by atoms with Crippen molar-refractivity contribution in [1.82, 2.24) is 5.32 Å². The Labute approximate surface area is 137 Å². The summed E-state index contributed by atoms with van der Waals surface area (Å²) in [6.45, 7) is 2.08. The van der Waals surface area contributed by atoms with Crippen molar-refractivity contribution in [3.05, 3.63) is 29.8 Å². The van der Waals surface area contributed by atoms with Crippen LogP contribution in [0.1, 0.15) is 37.7 Å². The van der Waals surface area contributed by atoms with Gasteiger partial charge in [0.05, 0.1) is 5.75 Å². The lowest BCUT2D eigenvalue weighted by atomic mass is 9.67. The number of aryl methyl sites for hydroxylation is 1. The fourth-order valence-corrected chi connectivity index (χ4v) is 4.75. The fraction of sp³-hybridized carbons (Fsp3) is 0.611. The van der Waals surface area contributed by atoms with E-state index in [4.69, 9.17) is 5.73 Å². The minimum Gasteiger partial charge on any atom is -0.352 e.